The molecule has 23 heavy (non-hydrogen) atoms. The van der Waals surface area contributed by atoms with Crippen LogP contribution < -0.4 is 4.90 Å². The summed E-state index contributed by atoms with van der Waals surface area (Å²) in [6.07, 6.45) is 7.80. The van der Waals surface area contributed by atoms with E-state index in [1.807, 2.05) is 11.8 Å². The fourth-order valence-electron chi connectivity index (χ4n) is 2.81. The maximum atomic E-state index is 13.6. The first-order chi connectivity index (χ1) is 11.0. The van der Waals surface area contributed by atoms with Crippen LogP contribution in [0.25, 0.3) is 0 Å². The molecule has 0 aliphatic carbocycles. The van der Waals surface area contributed by atoms with Gasteiger partial charge in [0.15, 0.2) is 0 Å². The lowest BCUT2D eigenvalue weighted by Crippen LogP contribution is -2.40. The lowest BCUT2D eigenvalue weighted by molar-refractivity contribution is -0.119. The highest BCUT2D eigenvalue weighted by atomic mass is 79.9. The molecule has 2 nitrogen and oxygen atoms in total. The van der Waals surface area contributed by atoms with Gasteiger partial charge in [-0.1, -0.05) is 46.5 Å². The second-order valence-corrected chi connectivity index (χ2v) is 6.90. The van der Waals surface area contributed by atoms with Crippen LogP contribution in [0.1, 0.15) is 72.1 Å². The van der Waals surface area contributed by atoms with Gasteiger partial charge in [0.05, 0.1) is 4.47 Å². The van der Waals surface area contributed by atoms with E-state index in [1.54, 1.807) is 12.1 Å². The van der Waals surface area contributed by atoms with E-state index in [9.17, 15) is 9.18 Å². The van der Waals surface area contributed by atoms with Crippen molar-refractivity contribution in [1.82, 2.24) is 0 Å². The van der Waals surface area contributed by atoms with Crippen LogP contribution in [0.15, 0.2) is 22.7 Å². The summed E-state index contributed by atoms with van der Waals surface area (Å²) in [5.74, 6) is -0.154. The Morgan fingerprint density at radius 1 is 1.13 bits per heavy atom. The Labute approximate surface area is 148 Å². The molecule has 0 radical (unpaired) electrons. The molecule has 1 aromatic rings. The molecule has 1 aromatic carbocycles. The number of rotatable bonds is 10. The number of hydrogen-bond acceptors (Lipinski definition) is 1. The SMILES string of the molecule is CCCCC(CCCC)N(C(=O)CCC)c1ccc(F)c(Br)c1. The van der Waals surface area contributed by atoms with Gasteiger partial charge in [0.1, 0.15) is 5.82 Å². The average Bonchev–Trinajstić information content (AvgIpc) is 2.53. The molecule has 0 fully saturated rings. The minimum absolute atomic E-state index is 0.142. The van der Waals surface area contributed by atoms with Crippen molar-refractivity contribution in [3.63, 3.8) is 0 Å². The lowest BCUT2D eigenvalue weighted by atomic mass is 10.0. The van der Waals surface area contributed by atoms with Gasteiger partial charge in [-0.2, -0.15) is 0 Å². The largest absolute Gasteiger partial charge is 0.309 e. The molecular weight excluding hydrogens is 357 g/mol. The summed E-state index contributed by atoms with van der Waals surface area (Å²) < 4.78 is 14.0. The van der Waals surface area contributed by atoms with E-state index >= 15 is 0 Å². The Morgan fingerprint density at radius 3 is 2.22 bits per heavy atom. The fraction of sp³-hybridized carbons (Fsp3) is 0.632. The summed E-state index contributed by atoms with van der Waals surface area (Å²) in [6.45, 7) is 6.36. The monoisotopic (exact) mass is 385 g/mol. The number of carbonyl (C=O) groups is 1. The van der Waals surface area contributed by atoms with Crippen LogP contribution >= 0.6 is 15.9 Å². The van der Waals surface area contributed by atoms with Crippen LogP contribution in [0.4, 0.5) is 10.1 Å². The zero-order valence-corrected chi connectivity index (χ0v) is 16.2. The van der Waals surface area contributed by atoms with Crippen molar-refractivity contribution < 1.29 is 9.18 Å². The molecule has 1 amide bonds. The summed E-state index contributed by atoms with van der Waals surface area (Å²) in [5, 5.41) is 0. The van der Waals surface area contributed by atoms with Gasteiger partial charge in [0, 0.05) is 18.2 Å². The minimum atomic E-state index is -0.296. The molecule has 4 heteroatoms. The van der Waals surface area contributed by atoms with Gasteiger partial charge >= 0.3 is 0 Å². The third kappa shape index (κ3) is 6.25. The molecule has 0 saturated heterocycles. The molecule has 1 rings (SSSR count). The molecule has 0 aliphatic heterocycles. The Morgan fingerprint density at radius 2 is 1.74 bits per heavy atom. The molecule has 0 heterocycles. The van der Waals surface area contributed by atoms with Crippen LogP contribution in [0.2, 0.25) is 0 Å². The first-order valence-electron chi connectivity index (χ1n) is 8.82. The van der Waals surface area contributed by atoms with Crippen molar-refractivity contribution in [1.29, 1.82) is 0 Å². The first-order valence-corrected chi connectivity index (χ1v) is 9.61. The standard InChI is InChI=1S/C19H29BrFNO/c1-4-7-10-15(11-8-5-2)22(19(23)9-6-3)16-12-13-18(21)17(20)14-16/h12-15H,4-11H2,1-3H3. The van der Waals surface area contributed by atoms with Crippen LogP contribution in [0.5, 0.6) is 0 Å². The first kappa shape index (κ1) is 20.1. The number of anilines is 1. The van der Waals surface area contributed by atoms with Crippen LogP contribution in [-0.2, 0) is 4.79 Å². The van der Waals surface area contributed by atoms with Crippen molar-refractivity contribution in [2.24, 2.45) is 0 Å². The summed E-state index contributed by atoms with van der Waals surface area (Å²) in [5.41, 5.74) is 0.800. The second-order valence-electron chi connectivity index (χ2n) is 6.05. The number of carbonyl (C=O) groups excluding carboxylic acids is 1. The van der Waals surface area contributed by atoms with E-state index in [0.717, 1.165) is 50.6 Å². The Kier molecular flexibility index (Phi) is 9.46. The minimum Gasteiger partial charge on any atom is -0.309 e. The summed E-state index contributed by atoms with van der Waals surface area (Å²) in [7, 11) is 0. The highest BCUT2D eigenvalue weighted by molar-refractivity contribution is 9.10. The number of benzene rings is 1. The topological polar surface area (TPSA) is 20.3 Å². The lowest BCUT2D eigenvalue weighted by Gasteiger charge is -2.32. The molecule has 130 valence electrons. The summed E-state index contributed by atoms with van der Waals surface area (Å²) >= 11 is 3.24. The third-order valence-corrected chi connectivity index (χ3v) is 4.67. The molecule has 0 aliphatic rings. The van der Waals surface area contributed by atoms with Crippen LogP contribution in [-0.4, -0.2) is 11.9 Å². The van der Waals surface area contributed by atoms with E-state index < -0.39 is 0 Å². The molecular formula is C19H29BrFNO. The van der Waals surface area contributed by atoms with Gasteiger partial charge < -0.3 is 4.90 Å². The summed E-state index contributed by atoms with van der Waals surface area (Å²) in [6, 6.07) is 5.08. The van der Waals surface area contributed by atoms with Gasteiger partial charge in [-0.3, -0.25) is 4.79 Å². The molecule has 0 unspecified atom stereocenters. The maximum absolute atomic E-state index is 13.6. The number of nitrogens with zero attached hydrogens (tertiary/aromatic N) is 1. The highest BCUT2D eigenvalue weighted by Crippen LogP contribution is 2.28. The quantitative estimate of drug-likeness (QED) is 0.451. The van der Waals surface area contributed by atoms with Crippen molar-refractivity contribution in [3.8, 4) is 0 Å². The number of hydrogen-bond donors (Lipinski definition) is 0. The van der Waals surface area contributed by atoms with E-state index in [2.05, 4.69) is 29.8 Å². The highest BCUT2D eigenvalue weighted by Gasteiger charge is 2.24. The summed E-state index contributed by atoms with van der Waals surface area (Å²) in [4.78, 5) is 14.6. The molecule has 0 aromatic heterocycles. The van der Waals surface area contributed by atoms with Crippen molar-refractivity contribution in [2.75, 3.05) is 4.90 Å². The maximum Gasteiger partial charge on any atom is 0.227 e. The van der Waals surface area contributed by atoms with E-state index in [1.165, 1.54) is 6.07 Å². The zero-order chi connectivity index (χ0) is 17.2. The van der Waals surface area contributed by atoms with Crippen molar-refractivity contribution in [2.45, 2.75) is 78.2 Å². The molecule has 0 N–H and O–H groups in total. The third-order valence-electron chi connectivity index (χ3n) is 4.06. The van der Waals surface area contributed by atoms with Gasteiger partial charge in [-0.25, -0.2) is 4.39 Å². The van der Waals surface area contributed by atoms with Gasteiger partial charge in [-0.15, -0.1) is 0 Å². The molecule has 0 atom stereocenters. The van der Waals surface area contributed by atoms with E-state index in [-0.39, 0.29) is 17.8 Å². The second kappa shape index (κ2) is 10.8. The van der Waals surface area contributed by atoms with Crippen molar-refractivity contribution in [3.05, 3.63) is 28.5 Å². The molecule has 0 spiro atoms. The Hall–Kier alpha value is -0.900. The predicted molar refractivity (Wildman–Crippen MR) is 99.3 cm³/mol. The van der Waals surface area contributed by atoms with Gasteiger partial charge in [0.2, 0.25) is 5.91 Å². The normalized spacial score (nSPS) is 11.0. The van der Waals surface area contributed by atoms with E-state index in [4.69, 9.17) is 0 Å². The van der Waals surface area contributed by atoms with Gasteiger partial charge in [-0.05, 0) is 53.4 Å². The Balaban J connectivity index is 3.12. The van der Waals surface area contributed by atoms with E-state index in [0.29, 0.717) is 10.9 Å². The number of amides is 1. The zero-order valence-electron chi connectivity index (χ0n) is 14.6. The predicted octanol–water partition coefficient (Wildman–Crippen LogP) is 6.47. The van der Waals surface area contributed by atoms with Crippen molar-refractivity contribution >= 4 is 27.5 Å². The fourth-order valence-corrected chi connectivity index (χ4v) is 3.18. The molecule has 0 bridgehead atoms. The number of unbranched alkanes of at least 4 members (excludes halogenated alkanes) is 2. The average molecular weight is 386 g/mol. The number of halogens is 2. The smallest absolute Gasteiger partial charge is 0.227 e. The Bertz CT molecular complexity index is 484. The van der Waals surface area contributed by atoms with Crippen LogP contribution in [0, 0.1) is 5.82 Å². The molecule has 0 saturated carbocycles. The van der Waals surface area contributed by atoms with Crippen LogP contribution in [0.3, 0.4) is 0 Å². The van der Waals surface area contributed by atoms with Gasteiger partial charge in [0.25, 0.3) is 0 Å².